The maximum atomic E-state index is 5.53. The Bertz CT molecular complexity index is 1010. The molecule has 0 bridgehead atoms. The van der Waals surface area contributed by atoms with E-state index in [1.807, 2.05) is 37.3 Å². The molecule has 0 N–H and O–H groups in total. The zero-order chi connectivity index (χ0) is 19.3. The van der Waals surface area contributed by atoms with Crippen LogP contribution in [-0.2, 0) is 0 Å². The fourth-order valence-corrected chi connectivity index (χ4v) is 4.17. The molecule has 0 fully saturated rings. The number of aryl methyl sites for hydroxylation is 1. The predicted molar refractivity (Wildman–Crippen MR) is 111 cm³/mol. The third-order valence-electron chi connectivity index (χ3n) is 4.43. The summed E-state index contributed by atoms with van der Waals surface area (Å²) in [6, 6.07) is 26.8. The van der Waals surface area contributed by atoms with Gasteiger partial charge in [0.2, 0.25) is 5.16 Å². The first-order valence-electron chi connectivity index (χ1n) is 8.96. The Balaban J connectivity index is 1.76. The van der Waals surface area contributed by atoms with E-state index in [1.165, 1.54) is 11.1 Å². The summed E-state index contributed by atoms with van der Waals surface area (Å²) in [5, 5.41) is 13.2. The first kappa shape index (κ1) is 18.3. The molecule has 0 unspecified atom stereocenters. The highest BCUT2D eigenvalue weighted by molar-refractivity contribution is 7.99. The second kappa shape index (κ2) is 8.27. The van der Waals surface area contributed by atoms with Gasteiger partial charge in [-0.05, 0) is 46.2 Å². The molecule has 3 aromatic carbocycles. The highest BCUT2D eigenvalue weighted by Crippen LogP contribution is 2.40. The number of thioether (sulfide) groups is 1. The van der Waals surface area contributed by atoms with Crippen molar-refractivity contribution in [3.63, 3.8) is 0 Å². The van der Waals surface area contributed by atoms with E-state index < -0.39 is 0 Å². The molecular formula is C22H20N4OS. The number of hydrogen-bond donors (Lipinski definition) is 0. The lowest BCUT2D eigenvalue weighted by molar-refractivity contribution is 0.410. The summed E-state index contributed by atoms with van der Waals surface area (Å²) in [5.41, 5.74) is 4.34. The van der Waals surface area contributed by atoms with Crippen LogP contribution in [0.25, 0.3) is 5.69 Å². The average Bonchev–Trinajstić information content (AvgIpc) is 3.21. The largest absolute Gasteiger partial charge is 0.494 e. The van der Waals surface area contributed by atoms with Crippen LogP contribution in [0.3, 0.4) is 0 Å². The maximum Gasteiger partial charge on any atom is 0.215 e. The Kier molecular flexibility index (Phi) is 5.39. The number of aromatic nitrogens is 4. The van der Waals surface area contributed by atoms with E-state index in [9.17, 15) is 0 Å². The molecule has 4 aromatic rings. The highest BCUT2D eigenvalue weighted by Gasteiger charge is 2.21. The van der Waals surface area contributed by atoms with Crippen molar-refractivity contribution in [2.45, 2.75) is 17.3 Å². The van der Waals surface area contributed by atoms with E-state index in [1.54, 1.807) is 23.6 Å². The van der Waals surface area contributed by atoms with Crippen molar-refractivity contribution in [2.24, 2.45) is 0 Å². The Morgan fingerprint density at radius 2 is 1.54 bits per heavy atom. The minimum Gasteiger partial charge on any atom is -0.494 e. The molecule has 6 heteroatoms. The molecule has 1 aromatic heterocycles. The van der Waals surface area contributed by atoms with Crippen LogP contribution in [0.5, 0.6) is 5.75 Å². The quantitative estimate of drug-likeness (QED) is 0.442. The molecule has 0 radical (unpaired) electrons. The van der Waals surface area contributed by atoms with Gasteiger partial charge in [-0.1, -0.05) is 78.5 Å². The molecule has 0 aliphatic heterocycles. The lowest BCUT2D eigenvalue weighted by Gasteiger charge is -2.17. The molecule has 0 spiro atoms. The summed E-state index contributed by atoms with van der Waals surface area (Å²) in [4.78, 5) is 0. The Morgan fingerprint density at radius 3 is 2.14 bits per heavy atom. The van der Waals surface area contributed by atoms with Gasteiger partial charge >= 0.3 is 0 Å². The van der Waals surface area contributed by atoms with E-state index in [0.29, 0.717) is 5.16 Å². The Hall–Kier alpha value is -3.12. The summed E-state index contributed by atoms with van der Waals surface area (Å²) in [5.74, 6) is 0.732. The van der Waals surface area contributed by atoms with Crippen LogP contribution in [0.2, 0.25) is 0 Å². The minimum absolute atomic E-state index is 0.0722. The van der Waals surface area contributed by atoms with Crippen LogP contribution in [0, 0.1) is 6.92 Å². The number of rotatable bonds is 6. The topological polar surface area (TPSA) is 52.8 Å². The fourth-order valence-electron chi connectivity index (χ4n) is 3.06. The van der Waals surface area contributed by atoms with E-state index in [-0.39, 0.29) is 5.25 Å². The highest BCUT2D eigenvalue weighted by atomic mass is 32.2. The van der Waals surface area contributed by atoms with Gasteiger partial charge in [-0.3, -0.25) is 0 Å². The van der Waals surface area contributed by atoms with Crippen molar-refractivity contribution in [2.75, 3.05) is 7.11 Å². The first-order chi connectivity index (χ1) is 13.8. The number of tetrazole rings is 1. The Morgan fingerprint density at radius 1 is 0.893 bits per heavy atom. The summed E-state index contributed by atoms with van der Waals surface area (Å²) in [7, 11) is 1.65. The third kappa shape index (κ3) is 3.77. The summed E-state index contributed by atoms with van der Waals surface area (Å²) < 4.78 is 7.27. The number of hydrogen-bond acceptors (Lipinski definition) is 5. The Labute approximate surface area is 168 Å². The van der Waals surface area contributed by atoms with Gasteiger partial charge in [-0.2, -0.15) is 4.68 Å². The van der Waals surface area contributed by atoms with E-state index in [0.717, 1.165) is 17.0 Å². The number of benzene rings is 3. The van der Waals surface area contributed by atoms with Crippen molar-refractivity contribution in [3.05, 3.63) is 95.6 Å². The molecule has 0 saturated carbocycles. The van der Waals surface area contributed by atoms with Crippen molar-refractivity contribution in [1.29, 1.82) is 0 Å². The fraction of sp³-hybridized carbons (Fsp3) is 0.136. The van der Waals surface area contributed by atoms with Crippen LogP contribution in [0.15, 0.2) is 84.0 Å². The van der Waals surface area contributed by atoms with E-state index in [4.69, 9.17) is 4.74 Å². The normalized spacial score (nSPS) is 11.0. The van der Waals surface area contributed by atoms with Crippen LogP contribution < -0.4 is 4.74 Å². The third-order valence-corrected chi connectivity index (χ3v) is 5.68. The molecule has 4 rings (SSSR count). The van der Waals surface area contributed by atoms with Gasteiger partial charge in [0.1, 0.15) is 11.4 Å². The van der Waals surface area contributed by atoms with Gasteiger partial charge in [0.25, 0.3) is 0 Å². The van der Waals surface area contributed by atoms with Gasteiger partial charge in [0.05, 0.1) is 12.4 Å². The molecule has 140 valence electrons. The van der Waals surface area contributed by atoms with Gasteiger partial charge in [0.15, 0.2) is 0 Å². The molecule has 0 saturated heterocycles. The second-order valence-electron chi connectivity index (χ2n) is 6.37. The molecule has 5 nitrogen and oxygen atoms in total. The molecule has 0 amide bonds. The monoisotopic (exact) mass is 388 g/mol. The summed E-state index contributed by atoms with van der Waals surface area (Å²) in [6.45, 7) is 2.04. The van der Waals surface area contributed by atoms with Gasteiger partial charge in [-0.15, -0.1) is 5.10 Å². The summed E-state index contributed by atoms with van der Waals surface area (Å²) in [6.07, 6.45) is 0. The van der Waals surface area contributed by atoms with Crippen LogP contribution in [0.1, 0.15) is 21.9 Å². The van der Waals surface area contributed by atoms with Gasteiger partial charge in [0, 0.05) is 0 Å². The molecule has 0 aliphatic carbocycles. The van der Waals surface area contributed by atoms with Gasteiger partial charge in [-0.25, -0.2) is 0 Å². The van der Waals surface area contributed by atoms with Crippen LogP contribution in [-0.4, -0.2) is 27.3 Å². The number of nitrogens with zero attached hydrogens (tertiary/aromatic N) is 4. The van der Waals surface area contributed by atoms with E-state index in [2.05, 4.69) is 64.1 Å². The molecule has 1 heterocycles. The molecule has 0 aliphatic rings. The SMILES string of the molecule is COc1ccc(C)cc1-n1nnnc1SC(c1ccccc1)c1ccccc1. The predicted octanol–water partition coefficient (Wildman–Crippen LogP) is 4.86. The van der Waals surface area contributed by atoms with Crippen molar-refractivity contribution >= 4 is 11.8 Å². The van der Waals surface area contributed by atoms with Crippen molar-refractivity contribution in [3.8, 4) is 11.4 Å². The average molecular weight is 388 g/mol. The summed E-state index contributed by atoms with van der Waals surface area (Å²) >= 11 is 1.62. The number of ether oxygens (including phenoxy) is 1. The standard InChI is InChI=1S/C22H20N4OS/c1-16-13-14-20(27-2)19(15-16)26-22(23-24-25-26)28-21(17-9-5-3-6-10-17)18-11-7-4-8-12-18/h3-15,21H,1-2H3. The van der Waals surface area contributed by atoms with Gasteiger partial charge < -0.3 is 4.74 Å². The smallest absolute Gasteiger partial charge is 0.215 e. The lowest BCUT2D eigenvalue weighted by Crippen LogP contribution is -2.04. The van der Waals surface area contributed by atoms with Crippen LogP contribution in [0.4, 0.5) is 0 Å². The number of methoxy groups -OCH3 is 1. The molecule has 0 atom stereocenters. The maximum absolute atomic E-state index is 5.53. The zero-order valence-corrected chi connectivity index (χ0v) is 16.5. The lowest BCUT2D eigenvalue weighted by atomic mass is 10.0. The minimum atomic E-state index is 0.0722. The van der Waals surface area contributed by atoms with E-state index >= 15 is 0 Å². The van der Waals surface area contributed by atoms with Crippen molar-refractivity contribution < 1.29 is 4.74 Å². The molecule has 28 heavy (non-hydrogen) atoms. The van der Waals surface area contributed by atoms with Crippen LogP contribution >= 0.6 is 11.8 Å². The zero-order valence-electron chi connectivity index (χ0n) is 15.7. The molecular weight excluding hydrogens is 368 g/mol. The first-order valence-corrected chi connectivity index (χ1v) is 9.84. The second-order valence-corrected chi connectivity index (χ2v) is 7.44. The van der Waals surface area contributed by atoms with Crippen molar-refractivity contribution in [1.82, 2.24) is 20.2 Å².